The van der Waals surface area contributed by atoms with Crippen molar-refractivity contribution >= 4 is 38.9 Å². The summed E-state index contributed by atoms with van der Waals surface area (Å²) in [5.74, 6) is 0. The molecule has 1 nitrogen and oxygen atoms in total. The van der Waals surface area contributed by atoms with E-state index in [2.05, 4.69) is 54.2 Å². The van der Waals surface area contributed by atoms with E-state index in [0.29, 0.717) is 0 Å². The molecule has 0 bridgehead atoms. The Morgan fingerprint density at radius 2 is 2.11 bits per heavy atom. The number of thiophene rings is 1. The van der Waals surface area contributed by atoms with Gasteiger partial charge in [0.2, 0.25) is 0 Å². The van der Waals surface area contributed by atoms with E-state index in [1.165, 1.54) is 19.8 Å². The van der Waals surface area contributed by atoms with E-state index in [-0.39, 0.29) is 6.04 Å². The standard InChI is InChI=1S/C15H17BrClNS/c1-4-18-14(15-12(16)8-9(2)19-15)11-6-5-7-13(17)10(11)3/h5-8,14,18H,4H2,1-3H3. The minimum atomic E-state index is 0.191. The molecule has 0 aliphatic heterocycles. The second-order valence-electron chi connectivity index (χ2n) is 4.51. The van der Waals surface area contributed by atoms with Crippen molar-refractivity contribution < 1.29 is 0 Å². The second-order valence-corrected chi connectivity index (χ2v) is 7.06. The third kappa shape index (κ3) is 3.22. The number of halogens is 2. The Hall–Kier alpha value is -0.350. The van der Waals surface area contributed by atoms with Crippen LogP contribution in [0.25, 0.3) is 0 Å². The van der Waals surface area contributed by atoms with Gasteiger partial charge in [0.15, 0.2) is 0 Å². The monoisotopic (exact) mass is 357 g/mol. The Labute approximate surface area is 132 Å². The predicted molar refractivity (Wildman–Crippen MR) is 88.5 cm³/mol. The molecule has 1 N–H and O–H groups in total. The van der Waals surface area contributed by atoms with E-state index in [1.54, 1.807) is 0 Å². The topological polar surface area (TPSA) is 12.0 Å². The number of benzene rings is 1. The van der Waals surface area contributed by atoms with Gasteiger partial charge in [-0.15, -0.1) is 11.3 Å². The summed E-state index contributed by atoms with van der Waals surface area (Å²) in [6.07, 6.45) is 0. The Morgan fingerprint density at radius 3 is 2.68 bits per heavy atom. The van der Waals surface area contributed by atoms with Crippen molar-refractivity contribution in [1.29, 1.82) is 0 Å². The van der Waals surface area contributed by atoms with E-state index in [1.807, 2.05) is 23.5 Å². The summed E-state index contributed by atoms with van der Waals surface area (Å²) in [6, 6.07) is 8.47. The molecule has 0 saturated carbocycles. The van der Waals surface area contributed by atoms with Gasteiger partial charge in [-0.1, -0.05) is 30.7 Å². The highest BCUT2D eigenvalue weighted by atomic mass is 79.9. The van der Waals surface area contributed by atoms with Gasteiger partial charge >= 0.3 is 0 Å². The fraction of sp³-hybridized carbons (Fsp3) is 0.333. The maximum Gasteiger partial charge on any atom is 0.0685 e. The van der Waals surface area contributed by atoms with E-state index in [0.717, 1.165) is 17.1 Å². The van der Waals surface area contributed by atoms with Crippen molar-refractivity contribution in [3.05, 3.63) is 54.6 Å². The van der Waals surface area contributed by atoms with Crippen LogP contribution in [0.5, 0.6) is 0 Å². The molecule has 0 amide bonds. The molecule has 2 rings (SSSR count). The molecule has 1 unspecified atom stereocenters. The van der Waals surface area contributed by atoms with Crippen LogP contribution in [0.1, 0.15) is 33.8 Å². The van der Waals surface area contributed by atoms with E-state index >= 15 is 0 Å². The third-order valence-electron chi connectivity index (χ3n) is 3.13. The number of aryl methyl sites for hydroxylation is 1. The fourth-order valence-electron chi connectivity index (χ4n) is 2.18. The van der Waals surface area contributed by atoms with Crippen LogP contribution in [0.4, 0.5) is 0 Å². The van der Waals surface area contributed by atoms with Crippen molar-refractivity contribution in [2.24, 2.45) is 0 Å². The Morgan fingerprint density at radius 1 is 1.37 bits per heavy atom. The van der Waals surface area contributed by atoms with Gasteiger partial charge in [-0.05, 0) is 59.6 Å². The number of nitrogens with one attached hydrogen (secondary N) is 1. The van der Waals surface area contributed by atoms with Gasteiger partial charge < -0.3 is 5.32 Å². The van der Waals surface area contributed by atoms with E-state index in [4.69, 9.17) is 11.6 Å². The largest absolute Gasteiger partial charge is 0.306 e. The first kappa shape index (κ1) is 15.0. The van der Waals surface area contributed by atoms with Gasteiger partial charge in [0.05, 0.1) is 6.04 Å². The normalized spacial score (nSPS) is 12.7. The Kier molecular flexibility index (Phi) is 5.07. The summed E-state index contributed by atoms with van der Waals surface area (Å²) in [6.45, 7) is 7.25. The molecule has 0 saturated heterocycles. The summed E-state index contributed by atoms with van der Waals surface area (Å²) in [5, 5.41) is 4.38. The van der Waals surface area contributed by atoms with Crippen LogP contribution in [-0.4, -0.2) is 6.54 Å². The van der Waals surface area contributed by atoms with Crippen molar-refractivity contribution in [2.75, 3.05) is 6.54 Å². The molecule has 1 heterocycles. The van der Waals surface area contributed by atoms with Crippen LogP contribution in [0.2, 0.25) is 5.02 Å². The van der Waals surface area contributed by atoms with Gasteiger partial charge in [0.1, 0.15) is 0 Å². The van der Waals surface area contributed by atoms with Crippen LogP contribution in [-0.2, 0) is 0 Å². The zero-order chi connectivity index (χ0) is 14.0. The highest BCUT2D eigenvalue weighted by Gasteiger charge is 2.20. The summed E-state index contributed by atoms with van der Waals surface area (Å²) in [7, 11) is 0. The smallest absolute Gasteiger partial charge is 0.0685 e. The maximum absolute atomic E-state index is 6.25. The molecule has 4 heteroatoms. The zero-order valence-electron chi connectivity index (χ0n) is 11.3. The average Bonchev–Trinajstić information content (AvgIpc) is 2.69. The van der Waals surface area contributed by atoms with Gasteiger partial charge in [-0.2, -0.15) is 0 Å². The highest BCUT2D eigenvalue weighted by molar-refractivity contribution is 9.10. The van der Waals surface area contributed by atoms with Gasteiger partial charge in [-0.3, -0.25) is 0 Å². The van der Waals surface area contributed by atoms with Crippen LogP contribution in [0, 0.1) is 13.8 Å². The third-order valence-corrected chi connectivity index (χ3v) is 5.57. The average molecular weight is 359 g/mol. The maximum atomic E-state index is 6.25. The van der Waals surface area contributed by atoms with Crippen LogP contribution < -0.4 is 5.32 Å². The second kappa shape index (κ2) is 6.40. The summed E-state index contributed by atoms with van der Waals surface area (Å²) in [5.41, 5.74) is 2.39. The molecule has 19 heavy (non-hydrogen) atoms. The summed E-state index contributed by atoms with van der Waals surface area (Å²) < 4.78 is 1.17. The van der Waals surface area contributed by atoms with E-state index in [9.17, 15) is 0 Å². The van der Waals surface area contributed by atoms with Gasteiger partial charge in [-0.25, -0.2) is 0 Å². The van der Waals surface area contributed by atoms with E-state index < -0.39 is 0 Å². The fourth-order valence-corrected chi connectivity index (χ4v) is 4.34. The zero-order valence-corrected chi connectivity index (χ0v) is 14.4. The van der Waals surface area contributed by atoms with Crippen LogP contribution in [0.3, 0.4) is 0 Å². The SMILES string of the molecule is CCNC(c1cccc(Cl)c1C)c1sc(C)cc1Br. The molecular weight excluding hydrogens is 342 g/mol. The Bertz CT molecular complexity index is 580. The minimum absolute atomic E-state index is 0.191. The number of hydrogen-bond acceptors (Lipinski definition) is 2. The summed E-state index contributed by atoms with van der Waals surface area (Å²) in [4.78, 5) is 2.62. The van der Waals surface area contributed by atoms with Crippen LogP contribution in [0.15, 0.2) is 28.7 Å². The van der Waals surface area contributed by atoms with Crippen molar-refractivity contribution in [1.82, 2.24) is 5.32 Å². The molecule has 0 radical (unpaired) electrons. The van der Waals surface area contributed by atoms with Crippen LogP contribution >= 0.6 is 38.9 Å². The molecule has 102 valence electrons. The summed E-state index contributed by atoms with van der Waals surface area (Å²) >= 11 is 11.7. The first-order valence-corrected chi connectivity index (χ1v) is 8.27. The molecule has 0 spiro atoms. The van der Waals surface area contributed by atoms with Crippen molar-refractivity contribution in [3.8, 4) is 0 Å². The lowest BCUT2D eigenvalue weighted by atomic mass is 10.00. The van der Waals surface area contributed by atoms with Gasteiger partial charge in [0, 0.05) is 19.2 Å². The lowest BCUT2D eigenvalue weighted by molar-refractivity contribution is 0.635. The lowest BCUT2D eigenvalue weighted by Crippen LogP contribution is -2.22. The molecule has 2 aromatic rings. The van der Waals surface area contributed by atoms with Crippen molar-refractivity contribution in [2.45, 2.75) is 26.8 Å². The van der Waals surface area contributed by atoms with Gasteiger partial charge in [0.25, 0.3) is 0 Å². The Balaban J connectivity index is 2.51. The minimum Gasteiger partial charge on any atom is -0.306 e. The molecule has 0 fully saturated rings. The molecular formula is C15H17BrClNS. The number of rotatable bonds is 4. The molecule has 0 aliphatic rings. The van der Waals surface area contributed by atoms with Crippen molar-refractivity contribution in [3.63, 3.8) is 0 Å². The highest BCUT2D eigenvalue weighted by Crippen LogP contribution is 2.37. The molecule has 1 aromatic heterocycles. The molecule has 1 aromatic carbocycles. The lowest BCUT2D eigenvalue weighted by Gasteiger charge is -2.20. The first-order chi connectivity index (χ1) is 9.04. The predicted octanol–water partition coefficient (Wildman–Crippen LogP) is 5.48. The first-order valence-electron chi connectivity index (χ1n) is 6.28. The quantitative estimate of drug-likeness (QED) is 0.763. The number of hydrogen-bond donors (Lipinski definition) is 1. The molecule has 0 aliphatic carbocycles. The molecule has 1 atom stereocenters.